The SMILES string of the molecule is C=CCCl.CCC1=[C]([Ti])CC=C1. The molecule has 0 unspecified atom stereocenters. The third-order valence-electron chi connectivity index (χ3n) is 1.52. The molecule has 0 bridgehead atoms. The standard InChI is InChI=1S/C7H9.C3H5Cl.Ti/c1-2-7-5-3-4-6-7;1-2-3-4;/h3,5H,2,4H2,1H3;2H,1,3H2;. The van der Waals surface area contributed by atoms with Crippen molar-refractivity contribution in [3.05, 3.63) is 34.3 Å². The van der Waals surface area contributed by atoms with Crippen LogP contribution in [-0.2, 0) is 20.4 Å². The van der Waals surface area contributed by atoms with E-state index in [4.69, 9.17) is 11.6 Å². The van der Waals surface area contributed by atoms with E-state index in [2.05, 4.69) is 46.1 Å². The number of alkyl halides is 1. The zero-order valence-electron chi connectivity index (χ0n) is 7.44. The van der Waals surface area contributed by atoms with E-state index in [0.29, 0.717) is 5.88 Å². The van der Waals surface area contributed by atoms with E-state index in [1.807, 2.05) is 0 Å². The van der Waals surface area contributed by atoms with Gasteiger partial charge in [-0.3, -0.25) is 0 Å². The van der Waals surface area contributed by atoms with Gasteiger partial charge in [-0.25, -0.2) is 0 Å². The average Bonchev–Trinajstić information content (AvgIpc) is 2.51. The van der Waals surface area contributed by atoms with Crippen LogP contribution in [0.3, 0.4) is 0 Å². The van der Waals surface area contributed by atoms with E-state index in [1.165, 1.54) is 18.4 Å². The summed E-state index contributed by atoms with van der Waals surface area (Å²) in [6.07, 6.45) is 8.48. The van der Waals surface area contributed by atoms with Crippen molar-refractivity contribution < 1.29 is 20.4 Å². The van der Waals surface area contributed by atoms with Crippen LogP contribution in [0.5, 0.6) is 0 Å². The van der Waals surface area contributed by atoms with Gasteiger partial charge in [0.25, 0.3) is 0 Å². The first kappa shape index (κ1) is 12.2. The Morgan fingerprint density at radius 2 is 2.33 bits per heavy atom. The van der Waals surface area contributed by atoms with Gasteiger partial charge < -0.3 is 0 Å². The first-order valence-electron chi connectivity index (χ1n) is 4.03. The van der Waals surface area contributed by atoms with Gasteiger partial charge in [0.15, 0.2) is 0 Å². The van der Waals surface area contributed by atoms with Crippen LogP contribution >= 0.6 is 11.6 Å². The van der Waals surface area contributed by atoms with Crippen LogP contribution in [0, 0.1) is 0 Å². The Bertz CT molecular complexity index is 192. The van der Waals surface area contributed by atoms with Crippen LogP contribution in [-0.4, -0.2) is 5.88 Å². The first-order valence-corrected chi connectivity index (χ1v) is 5.34. The second-order valence-corrected chi connectivity index (χ2v) is 3.66. The fourth-order valence-corrected chi connectivity index (χ4v) is 1.47. The third-order valence-corrected chi connectivity index (χ3v) is 2.56. The average molecular weight is 218 g/mol. The molecule has 0 aromatic rings. The van der Waals surface area contributed by atoms with Crippen LogP contribution in [0.15, 0.2) is 34.3 Å². The zero-order valence-corrected chi connectivity index (χ0v) is 9.76. The molecule has 0 saturated heterocycles. The second-order valence-electron chi connectivity index (χ2n) is 2.41. The summed E-state index contributed by atoms with van der Waals surface area (Å²) in [7, 11) is 0. The van der Waals surface area contributed by atoms with Gasteiger partial charge >= 0.3 is 61.8 Å². The maximum atomic E-state index is 5.07. The van der Waals surface area contributed by atoms with Crippen molar-refractivity contribution in [2.45, 2.75) is 19.8 Å². The van der Waals surface area contributed by atoms with Crippen molar-refractivity contribution >= 4 is 11.6 Å². The summed E-state index contributed by atoms with van der Waals surface area (Å²) in [5.74, 6) is 0.556. The third kappa shape index (κ3) is 4.97. The molecule has 0 amide bonds. The van der Waals surface area contributed by atoms with Gasteiger partial charge in [-0.2, -0.15) is 0 Å². The normalized spacial score (nSPS) is 14.1. The summed E-state index contributed by atoms with van der Waals surface area (Å²) in [4.78, 5) is 0. The molecule has 0 saturated carbocycles. The summed E-state index contributed by atoms with van der Waals surface area (Å²) in [6, 6.07) is 0. The molecule has 0 aromatic carbocycles. The van der Waals surface area contributed by atoms with Gasteiger partial charge in [0.2, 0.25) is 0 Å². The molecule has 0 heterocycles. The van der Waals surface area contributed by atoms with Crippen molar-refractivity contribution in [3.63, 3.8) is 0 Å². The van der Waals surface area contributed by atoms with Crippen molar-refractivity contribution in [3.8, 4) is 0 Å². The van der Waals surface area contributed by atoms with Crippen molar-refractivity contribution in [1.82, 2.24) is 0 Å². The Labute approximate surface area is 91.8 Å². The molecule has 12 heavy (non-hydrogen) atoms. The second kappa shape index (κ2) is 7.85. The molecule has 0 aliphatic heterocycles. The molecule has 2 heteroatoms. The fraction of sp³-hybridized carbons (Fsp3) is 0.400. The minimum absolute atomic E-state index is 0.556. The maximum absolute atomic E-state index is 5.07. The van der Waals surface area contributed by atoms with E-state index in [9.17, 15) is 0 Å². The van der Waals surface area contributed by atoms with Crippen molar-refractivity contribution in [2.75, 3.05) is 5.88 Å². The van der Waals surface area contributed by atoms with Crippen LogP contribution in [0.2, 0.25) is 0 Å². The van der Waals surface area contributed by atoms with Gasteiger partial charge in [-0.15, -0.1) is 18.2 Å². The predicted molar refractivity (Wildman–Crippen MR) is 52.0 cm³/mol. The Morgan fingerprint density at radius 3 is 2.50 bits per heavy atom. The van der Waals surface area contributed by atoms with E-state index in [0.717, 1.165) is 0 Å². The summed E-state index contributed by atoms with van der Waals surface area (Å²) in [5.41, 5.74) is 1.53. The van der Waals surface area contributed by atoms with Crippen molar-refractivity contribution in [1.29, 1.82) is 0 Å². The van der Waals surface area contributed by atoms with Gasteiger partial charge in [0, 0.05) is 5.88 Å². The monoisotopic (exact) mass is 217 g/mol. The molecule has 65 valence electrons. The van der Waals surface area contributed by atoms with E-state index in [1.54, 1.807) is 9.95 Å². The number of hydrogen-bond donors (Lipinski definition) is 0. The summed E-state index contributed by atoms with van der Waals surface area (Å²) in [6.45, 7) is 5.55. The molecule has 0 radical (unpaired) electrons. The molecular formula is C10H14ClTi. The van der Waals surface area contributed by atoms with Gasteiger partial charge in [0.05, 0.1) is 0 Å². The Balaban J connectivity index is 0.000000261. The van der Waals surface area contributed by atoms with Gasteiger partial charge in [0.1, 0.15) is 0 Å². The number of hydrogen-bond acceptors (Lipinski definition) is 0. The molecule has 0 atom stereocenters. The van der Waals surface area contributed by atoms with Crippen molar-refractivity contribution in [2.24, 2.45) is 0 Å². The van der Waals surface area contributed by atoms with Gasteiger partial charge in [-0.1, -0.05) is 6.08 Å². The number of allylic oxidation sites excluding steroid dienone is 5. The molecule has 0 fully saturated rings. The molecule has 1 rings (SSSR count). The number of halogens is 1. The Hall–Kier alpha value is 0.224. The summed E-state index contributed by atoms with van der Waals surface area (Å²) < 4.78 is 1.55. The van der Waals surface area contributed by atoms with Crippen LogP contribution < -0.4 is 0 Å². The zero-order chi connectivity index (χ0) is 9.40. The summed E-state index contributed by atoms with van der Waals surface area (Å²) >= 11 is 7.28. The molecule has 0 aromatic heterocycles. The molecule has 0 N–H and O–H groups in total. The molecule has 0 nitrogen and oxygen atoms in total. The first-order chi connectivity index (χ1) is 5.76. The fourth-order valence-electron chi connectivity index (χ4n) is 0.882. The predicted octanol–water partition coefficient (Wildman–Crippen LogP) is 3.57. The van der Waals surface area contributed by atoms with Crippen LogP contribution in [0.25, 0.3) is 0 Å². The van der Waals surface area contributed by atoms with Crippen LogP contribution in [0.1, 0.15) is 19.8 Å². The molecule has 1 aliphatic carbocycles. The summed E-state index contributed by atoms with van der Waals surface area (Å²) in [5, 5.41) is 0. The minimum atomic E-state index is 0.556. The Morgan fingerprint density at radius 1 is 1.75 bits per heavy atom. The number of rotatable bonds is 2. The van der Waals surface area contributed by atoms with E-state index in [-0.39, 0.29) is 0 Å². The quantitative estimate of drug-likeness (QED) is 0.377. The Kier molecular flexibility index (Phi) is 8.00. The topological polar surface area (TPSA) is 0 Å². The van der Waals surface area contributed by atoms with Gasteiger partial charge in [-0.05, 0) is 0 Å². The molecule has 0 spiro atoms. The van der Waals surface area contributed by atoms with E-state index < -0.39 is 0 Å². The molecule has 1 aliphatic rings. The van der Waals surface area contributed by atoms with E-state index >= 15 is 0 Å². The van der Waals surface area contributed by atoms with Crippen LogP contribution in [0.4, 0.5) is 0 Å². The molecular weight excluding hydrogens is 203 g/mol.